The number of para-hydroxylation sites is 1. The molecule has 1 unspecified atom stereocenters. The molecule has 1 saturated heterocycles. The highest BCUT2D eigenvalue weighted by molar-refractivity contribution is 8.00. The van der Waals surface area contributed by atoms with E-state index in [1.54, 1.807) is 7.11 Å². The van der Waals surface area contributed by atoms with Crippen LogP contribution in [0.5, 0.6) is 11.5 Å². The lowest BCUT2D eigenvalue weighted by Gasteiger charge is -2.13. The second kappa shape index (κ2) is 10.4. The highest BCUT2D eigenvalue weighted by Gasteiger charge is 2.17. The highest BCUT2D eigenvalue weighted by atomic mass is 32.2. The monoisotopic (exact) mass is 427 g/mol. The van der Waals surface area contributed by atoms with E-state index in [1.807, 2.05) is 35.2 Å². The molecule has 1 aliphatic rings. The molecule has 2 aromatic carbocycles. The number of aryl methyl sites for hydroxylation is 1. The number of thioether (sulfide) groups is 1. The molecule has 0 saturated carbocycles. The number of hydrogen-bond donors (Lipinski definition) is 1. The number of fused-ring (bicyclic) bond motifs is 1. The fraction of sp³-hybridized carbons (Fsp3) is 0.417. The van der Waals surface area contributed by atoms with Crippen molar-refractivity contribution in [1.29, 1.82) is 0 Å². The van der Waals surface area contributed by atoms with Crippen LogP contribution in [0.2, 0.25) is 0 Å². The summed E-state index contributed by atoms with van der Waals surface area (Å²) < 4.78 is 13.0. The molecule has 1 atom stereocenters. The van der Waals surface area contributed by atoms with Crippen LogP contribution in [0, 0.1) is 0 Å². The van der Waals surface area contributed by atoms with Gasteiger partial charge < -0.3 is 14.8 Å². The largest absolute Gasteiger partial charge is 0.496 e. The Balaban J connectivity index is 1.26. The van der Waals surface area contributed by atoms with Crippen molar-refractivity contribution in [3.05, 3.63) is 59.0 Å². The van der Waals surface area contributed by atoms with Gasteiger partial charge in [-0.05, 0) is 66.8 Å². The van der Waals surface area contributed by atoms with E-state index in [9.17, 15) is 0 Å². The number of unbranched alkanes of at least 4 members (excludes halogenated alkanes) is 2. The maximum atomic E-state index is 6.16. The normalized spacial score (nSPS) is 16.4. The summed E-state index contributed by atoms with van der Waals surface area (Å²) in [5, 5.41) is 7.58. The van der Waals surface area contributed by atoms with Gasteiger partial charge in [-0.2, -0.15) is 0 Å². The zero-order chi connectivity index (χ0) is 19.9. The quantitative estimate of drug-likeness (QED) is 0.408. The minimum absolute atomic E-state index is 0.551. The maximum Gasteiger partial charge on any atom is 0.127 e. The molecule has 1 aromatic heterocycles. The zero-order valence-corrected chi connectivity index (χ0v) is 18.6. The summed E-state index contributed by atoms with van der Waals surface area (Å²) >= 11 is 3.86. The number of hydrogen-bond acceptors (Lipinski definition) is 5. The van der Waals surface area contributed by atoms with Crippen molar-refractivity contribution >= 4 is 33.2 Å². The van der Waals surface area contributed by atoms with Gasteiger partial charge >= 0.3 is 0 Å². The van der Waals surface area contributed by atoms with Crippen molar-refractivity contribution in [3.8, 4) is 11.5 Å². The Hall–Kier alpha value is -1.69. The molecule has 0 bridgehead atoms. The summed E-state index contributed by atoms with van der Waals surface area (Å²) in [6.45, 7) is 1.90. The third-order valence-corrected chi connectivity index (χ3v) is 7.56. The summed E-state index contributed by atoms with van der Waals surface area (Å²) in [4.78, 5) is 0. The van der Waals surface area contributed by atoms with Crippen LogP contribution in [-0.2, 0) is 12.8 Å². The summed E-state index contributed by atoms with van der Waals surface area (Å²) in [5.41, 5.74) is 2.73. The predicted molar refractivity (Wildman–Crippen MR) is 126 cm³/mol. The number of rotatable bonds is 10. The molecule has 2 heterocycles. The Bertz CT molecular complexity index is 918. The van der Waals surface area contributed by atoms with E-state index in [2.05, 4.69) is 41.0 Å². The van der Waals surface area contributed by atoms with Crippen molar-refractivity contribution < 1.29 is 9.47 Å². The zero-order valence-electron chi connectivity index (χ0n) is 17.0. The van der Waals surface area contributed by atoms with Crippen LogP contribution in [-0.4, -0.2) is 31.4 Å². The lowest BCUT2D eigenvalue weighted by Crippen LogP contribution is -2.21. The van der Waals surface area contributed by atoms with E-state index < -0.39 is 0 Å². The summed E-state index contributed by atoms with van der Waals surface area (Å²) in [5.74, 6) is 3.24. The molecule has 0 aliphatic carbocycles. The first-order chi connectivity index (χ1) is 14.3. The SMILES string of the molecule is COc1ccccc1CCCCCOc1ccc(CC2NCCS2)c2sccc12. The first-order valence-electron chi connectivity index (χ1n) is 10.4. The molecule has 154 valence electrons. The van der Waals surface area contributed by atoms with Crippen LogP contribution >= 0.6 is 23.1 Å². The molecule has 3 aromatic rings. The number of benzene rings is 2. The minimum Gasteiger partial charge on any atom is -0.496 e. The Labute approximate surface area is 181 Å². The van der Waals surface area contributed by atoms with Crippen molar-refractivity contribution in [3.63, 3.8) is 0 Å². The van der Waals surface area contributed by atoms with Crippen molar-refractivity contribution in [2.24, 2.45) is 0 Å². The van der Waals surface area contributed by atoms with Gasteiger partial charge in [-0.25, -0.2) is 0 Å². The molecule has 1 N–H and O–H groups in total. The van der Waals surface area contributed by atoms with E-state index in [-0.39, 0.29) is 0 Å². The summed E-state index contributed by atoms with van der Waals surface area (Å²) in [6.07, 6.45) is 5.53. The molecule has 3 nitrogen and oxygen atoms in total. The van der Waals surface area contributed by atoms with Crippen LogP contribution < -0.4 is 14.8 Å². The predicted octanol–water partition coefficient (Wildman–Crippen LogP) is 5.91. The van der Waals surface area contributed by atoms with E-state index in [0.717, 1.165) is 56.8 Å². The molecule has 4 rings (SSSR count). The minimum atomic E-state index is 0.551. The fourth-order valence-corrected chi connectivity index (χ4v) is 5.87. The van der Waals surface area contributed by atoms with Gasteiger partial charge in [0.05, 0.1) is 19.1 Å². The van der Waals surface area contributed by atoms with Crippen LogP contribution in [0.15, 0.2) is 47.8 Å². The third kappa shape index (κ3) is 5.27. The Morgan fingerprint density at radius 3 is 2.79 bits per heavy atom. The molecule has 0 spiro atoms. The molecule has 1 aliphatic heterocycles. The van der Waals surface area contributed by atoms with Crippen LogP contribution in [0.4, 0.5) is 0 Å². The topological polar surface area (TPSA) is 30.5 Å². The number of nitrogens with one attached hydrogen (secondary N) is 1. The Morgan fingerprint density at radius 1 is 1.00 bits per heavy atom. The molecule has 0 radical (unpaired) electrons. The summed E-state index contributed by atoms with van der Waals surface area (Å²) in [6, 6.07) is 14.9. The van der Waals surface area contributed by atoms with Crippen LogP contribution in [0.25, 0.3) is 10.1 Å². The first kappa shape index (κ1) is 20.6. The molecular weight excluding hydrogens is 398 g/mol. The average molecular weight is 428 g/mol. The van der Waals surface area contributed by atoms with Gasteiger partial charge in [-0.1, -0.05) is 24.3 Å². The van der Waals surface area contributed by atoms with Gasteiger partial charge in [0.2, 0.25) is 0 Å². The van der Waals surface area contributed by atoms with Gasteiger partial charge in [0, 0.05) is 22.4 Å². The number of ether oxygens (including phenoxy) is 2. The lowest BCUT2D eigenvalue weighted by atomic mass is 10.1. The van der Waals surface area contributed by atoms with Gasteiger partial charge in [-0.3, -0.25) is 0 Å². The molecule has 1 fully saturated rings. The Morgan fingerprint density at radius 2 is 1.93 bits per heavy atom. The number of methoxy groups -OCH3 is 1. The van der Waals surface area contributed by atoms with Crippen molar-refractivity contribution in [2.75, 3.05) is 26.0 Å². The van der Waals surface area contributed by atoms with E-state index in [0.29, 0.717) is 5.37 Å². The molecule has 29 heavy (non-hydrogen) atoms. The second-order valence-corrected chi connectivity index (χ2v) is 9.60. The van der Waals surface area contributed by atoms with Crippen molar-refractivity contribution in [2.45, 2.75) is 37.5 Å². The molecule has 0 amide bonds. The van der Waals surface area contributed by atoms with Gasteiger partial charge in [0.1, 0.15) is 11.5 Å². The van der Waals surface area contributed by atoms with Crippen LogP contribution in [0.1, 0.15) is 30.4 Å². The fourth-order valence-electron chi connectivity index (χ4n) is 3.88. The van der Waals surface area contributed by atoms with E-state index in [1.165, 1.54) is 27.0 Å². The second-order valence-electron chi connectivity index (χ2n) is 7.37. The van der Waals surface area contributed by atoms with E-state index >= 15 is 0 Å². The lowest BCUT2D eigenvalue weighted by molar-refractivity contribution is 0.308. The third-order valence-electron chi connectivity index (χ3n) is 5.40. The van der Waals surface area contributed by atoms with Crippen molar-refractivity contribution in [1.82, 2.24) is 5.32 Å². The average Bonchev–Trinajstić information content (AvgIpc) is 3.44. The van der Waals surface area contributed by atoms with E-state index in [4.69, 9.17) is 9.47 Å². The Kier molecular flexibility index (Phi) is 7.36. The van der Waals surface area contributed by atoms with Gasteiger partial charge in [0.25, 0.3) is 0 Å². The smallest absolute Gasteiger partial charge is 0.127 e. The molecule has 5 heteroatoms. The van der Waals surface area contributed by atoms with Crippen LogP contribution in [0.3, 0.4) is 0 Å². The standard InChI is InChI=1S/C24H29NO2S2/c1-26-21-9-5-4-8-18(21)7-3-2-6-14-27-22-11-10-19(17-23-25-13-16-28-23)24-20(22)12-15-29-24/h4-5,8-12,15,23,25H,2-3,6-7,13-14,16-17H2,1H3. The molecular formula is C24H29NO2S2. The highest BCUT2D eigenvalue weighted by Crippen LogP contribution is 2.34. The maximum absolute atomic E-state index is 6.16. The first-order valence-corrected chi connectivity index (χ1v) is 12.4. The van der Waals surface area contributed by atoms with Gasteiger partial charge in [-0.15, -0.1) is 23.1 Å². The van der Waals surface area contributed by atoms with Gasteiger partial charge in [0.15, 0.2) is 0 Å². The summed E-state index contributed by atoms with van der Waals surface area (Å²) in [7, 11) is 1.74. The number of thiophene rings is 1.